The van der Waals surface area contributed by atoms with Crippen molar-refractivity contribution < 1.29 is 14.7 Å². The first kappa shape index (κ1) is 20.2. The van der Waals surface area contributed by atoms with Crippen LogP contribution < -0.4 is 10.6 Å². The van der Waals surface area contributed by atoms with Gasteiger partial charge < -0.3 is 15.7 Å². The standard InChI is InChI=1S/C19H25N3O3/c1-5-13-8-7-9-14(6-2)17(13)21-11-15(10-20)18(23)22-16(12(3)4)19(24)25/h7-9,11-12,16,21H,5-6H2,1-4H3,(H,22,23)(H,24,25)/b15-11-. The van der Waals surface area contributed by atoms with Gasteiger partial charge in [0.15, 0.2) is 0 Å². The minimum absolute atomic E-state index is 0.167. The highest BCUT2D eigenvalue weighted by molar-refractivity contribution is 5.99. The van der Waals surface area contributed by atoms with Crippen molar-refractivity contribution in [2.45, 2.75) is 46.6 Å². The number of anilines is 1. The molecular formula is C19H25N3O3. The predicted octanol–water partition coefficient (Wildman–Crippen LogP) is 2.86. The highest BCUT2D eigenvalue weighted by Gasteiger charge is 2.24. The lowest BCUT2D eigenvalue weighted by molar-refractivity contribution is -0.142. The summed E-state index contributed by atoms with van der Waals surface area (Å²) in [6.07, 6.45) is 2.96. The zero-order chi connectivity index (χ0) is 19.0. The second-order valence-corrected chi connectivity index (χ2v) is 6.01. The lowest BCUT2D eigenvalue weighted by Gasteiger charge is -2.18. The molecule has 1 atom stereocenters. The molecule has 1 unspecified atom stereocenters. The van der Waals surface area contributed by atoms with Crippen molar-refractivity contribution in [3.8, 4) is 6.07 Å². The van der Waals surface area contributed by atoms with Crippen LogP contribution in [0.1, 0.15) is 38.8 Å². The molecule has 1 aromatic carbocycles. The highest BCUT2D eigenvalue weighted by atomic mass is 16.4. The molecule has 134 valence electrons. The molecule has 0 heterocycles. The minimum Gasteiger partial charge on any atom is -0.480 e. The number of carboxylic acid groups (broad SMARTS) is 1. The van der Waals surface area contributed by atoms with Crippen LogP contribution in [0.3, 0.4) is 0 Å². The van der Waals surface area contributed by atoms with Gasteiger partial charge in [-0.3, -0.25) is 4.79 Å². The Morgan fingerprint density at radius 3 is 2.20 bits per heavy atom. The Labute approximate surface area is 148 Å². The topological polar surface area (TPSA) is 102 Å². The van der Waals surface area contributed by atoms with Gasteiger partial charge in [-0.25, -0.2) is 4.79 Å². The van der Waals surface area contributed by atoms with E-state index < -0.39 is 17.9 Å². The van der Waals surface area contributed by atoms with E-state index in [1.54, 1.807) is 13.8 Å². The third kappa shape index (κ3) is 5.35. The van der Waals surface area contributed by atoms with Crippen molar-refractivity contribution in [3.63, 3.8) is 0 Å². The van der Waals surface area contributed by atoms with E-state index in [1.165, 1.54) is 6.20 Å². The molecule has 0 fully saturated rings. The summed E-state index contributed by atoms with van der Waals surface area (Å²) in [5, 5.41) is 23.9. The molecule has 25 heavy (non-hydrogen) atoms. The Bertz CT molecular complexity index is 680. The van der Waals surface area contributed by atoms with Crippen molar-refractivity contribution in [2.24, 2.45) is 5.92 Å². The average molecular weight is 343 g/mol. The van der Waals surface area contributed by atoms with Crippen LogP contribution in [0.5, 0.6) is 0 Å². The van der Waals surface area contributed by atoms with E-state index in [9.17, 15) is 14.9 Å². The summed E-state index contributed by atoms with van der Waals surface area (Å²) in [6, 6.07) is 6.73. The number of nitrogens with zero attached hydrogens (tertiary/aromatic N) is 1. The van der Waals surface area contributed by atoms with Crippen LogP contribution in [0.15, 0.2) is 30.0 Å². The number of benzene rings is 1. The van der Waals surface area contributed by atoms with Crippen molar-refractivity contribution in [1.29, 1.82) is 5.26 Å². The molecule has 0 aliphatic rings. The molecule has 0 aliphatic carbocycles. The zero-order valence-electron chi connectivity index (χ0n) is 15.1. The molecule has 1 amide bonds. The van der Waals surface area contributed by atoms with Crippen LogP contribution in [0.25, 0.3) is 0 Å². The van der Waals surface area contributed by atoms with Crippen LogP contribution in [0, 0.1) is 17.2 Å². The number of nitrogens with one attached hydrogen (secondary N) is 2. The molecule has 0 saturated heterocycles. The summed E-state index contributed by atoms with van der Waals surface area (Å²) in [7, 11) is 0. The van der Waals surface area contributed by atoms with Crippen molar-refractivity contribution >= 4 is 17.6 Å². The third-order valence-corrected chi connectivity index (χ3v) is 3.94. The van der Waals surface area contributed by atoms with Crippen LogP contribution in [-0.4, -0.2) is 23.0 Å². The number of hydrogen-bond acceptors (Lipinski definition) is 4. The maximum absolute atomic E-state index is 12.2. The quantitative estimate of drug-likeness (QED) is 0.497. The SMILES string of the molecule is CCc1cccc(CC)c1N/C=C(/C#N)C(=O)NC(C(=O)O)C(C)C. The summed E-state index contributed by atoms with van der Waals surface area (Å²) in [5.74, 6) is -2.12. The molecule has 0 radical (unpaired) electrons. The van der Waals surface area contributed by atoms with Gasteiger partial charge in [-0.1, -0.05) is 45.9 Å². The van der Waals surface area contributed by atoms with Gasteiger partial charge in [-0.2, -0.15) is 5.26 Å². The fraction of sp³-hybridized carbons (Fsp3) is 0.421. The normalized spacial score (nSPS) is 12.4. The van der Waals surface area contributed by atoms with Gasteiger partial charge >= 0.3 is 5.97 Å². The molecular weight excluding hydrogens is 318 g/mol. The number of nitriles is 1. The van der Waals surface area contributed by atoms with Crippen LogP contribution >= 0.6 is 0 Å². The number of rotatable bonds is 8. The van der Waals surface area contributed by atoms with Gasteiger partial charge in [0.05, 0.1) is 0 Å². The molecule has 3 N–H and O–H groups in total. The Morgan fingerprint density at radius 1 is 1.24 bits per heavy atom. The maximum atomic E-state index is 12.2. The molecule has 0 aromatic heterocycles. The van der Waals surface area contributed by atoms with Gasteiger partial charge in [-0.15, -0.1) is 0 Å². The number of hydrogen-bond donors (Lipinski definition) is 3. The van der Waals surface area contributed by atoms with E-state index in [1.807, 2.05) is 38.1 Å². The molecule has 0 spiro atoms. The number of para-hydroxylation sites is 1. The number of carbonyl (C=O) groups excluding carboxylic acids is 1. The Hall–Kier alpha value is -2.81. The van der Waals surface area contributed by atoms with E-state index in [-0.39, 0.29) is 11.5 Å². The molecule has 6 nitrogen and oxygen atoms in total. The van der Waals surface area contributed by atoms with Gasteiger partial charge in [0, 0.05) is 11.9 Å². The molecule has 0 bridgehead atoms. The fourth-order valence-corrected chi connectivity index (χ4v) is 2.45. The summed E-state index contributed by atoms with van der Waals surface area (Å²) >= 11 is 0. The number of carboxylic acids is 1. The van der Waals surface area contributed by atoms with Crippen molar-refractivity contribution in [3.05, 3.63) is 41.1 Å². The monoisotopic (exact) mass is 343 g/mol. The molecule has 1 rings (SSSR count). The number of aliphatic carboxylic acids is 1. The fourth-order valence-electron chi connectivity index (χ4n) is 2.45. The number of carbonyl (C=O) groups is 2. The molecule has 1 aromatic rings. The van der Waals surface area contributed by atoms with Crippen LogP contribution in [0.4, 0.5) is 5.69 Å². The lowest BCUT2D eigenvalue weighted by Crippen LogP contribution is -2.44. The van der Waals surface area contributed by atoms with E-state index in [2.05, 4.69) is 10.6 Å². The largest absolute Gasteiger partial charge is 0.480 e. The summed E-state index contributed by atoms with van der Waals surface area (Å²) in [4.78, 5) is 23.4. The average Bonchev–Trinajstić information content (AvgIpc) is 2.59. The van der Waals surface area contributed by atoms with Crippen molar-refractivity contribution in [1.82, 2.24) is 5.32 Å². The first-order valence-electron chi connectivity index (χ1n) is 8.36. The van der Waals surface area contributed by atoms with Gasteiger partial charge in [0.1, 0.15) is 17.7 Å². The Morgan fingerprint density at radius 2 is 1.80 bits per heavy atom. The van der Waals surface area contributed by atoms with Crippen LogP contribution in [0.2, 0.25) is 0 Å². The van der Waals surface area contributed by atoms with Gasteiger partial charge in [0.25, 0.3) is 5.91 Å². The lowest BCUT2D eigenvalue weighted by atomic mass is 10.0. The number of aryl methyl sites for hydroxylation is 2. The zero-order valence-corrected chi connectivity index (χ0v) is 15.1. The van der Waals surface area contributed by atoms with E-state index in [4.69, 9.17) is 5.11 Å². The van der Waals surface area contributed by atoms with Gasteiger partial charge in [0.2, 0.25) is 0 Å². The number of amides is 1. The van der Waals surface area contributed by atoms with E-state index in [0.29, 0.717) is 0 Å². The van der Waals surface area contributed by atoms with Crippen LogP contribution in [-0.2, 0) is 22.4 Å². The predicted molar refractivity (Wildman–Crippen MR) is 96.9 cm³/mol. The summed E-state index contributed by atoms with van der Waals surface area (Å²) in [6.45, 7) is 7.44. The van der Waals surface area contributed by atoms with E-state index in [0.717, 1.165) is 29.7 Å². The summed E-state index contributed by atoms with van der Waals surface area (Å²) in [5.41, 5.74) is 2.88. The first-order valence-corrected chi connectivity index (χ1v) is 8.36. The highest BCUT2D eigenvalue weighted by Crippen LogP contribution is 2.22. The second-order valence-electron chi connectivity index (χ2n) is 6.01. The van der Waals surface area contributed by atoms with Gasteiger partial charge in [-0.05, 0) is 29.9 Å². The maximum Gasteiger partial charge on any atom is 0.326 e. The molecule has 0 aliphatic heterocycles. The van der Waals surface area contributed by atoms with Crippen molar-refractivity contribution in [2.75, 3.05) is 5.32 Å². The minimum atomic E-state index is -1.13. The first-order chi connectivity index (χ1) is 11.8. The molecule has 6 heteroatoms. The second kappa shape index (κ2) is 9.48. The summed E-state index contributed by atoms with van der Waals surface area (Å²) < 4.78 is 0. The molecule has 0 saturated carbocycles. The third-order valence-electron chi connectivity index (χ3n) is 3.94. The smallest absolute Gasteiger partial charge is 0.326 e. The Kier molecular flexibility index (Phi) is 7.67. The Balaban J connectivity index is 3.03. The van der Waals surface area contributed by atoms with E-state index >= 15 is 0 Å².